The summed E-state index contributed by atoms with van der Waals surface area (Å²) in [5.74, 6) is 2.08. The van der Waals surface area contributed by atoms with Crippen molar-refractivity contribution < 1.29 is 0 Å². The number of thioether (sulfide) groups is 1. The highest BCUT2D eigenvalue weighted by molar-refractivity contribution is 8.00. The van der Waals surface area contributed by atoms with E-state index in [0.717, 1.165) is 17.2 Å². The lowest BCUT2D eigenvalue weighted by molar-refractivity contribution is 0.475. The SMILES string of the molecule is CC1CC(NCC2Cc3ccccc32)CS1. The maximum Gasteiger partial charge on any atom is 0.0168 e. The summed E-state index contributed by atoms with van der Waals surface area (Å²) < 4.78 is 0. The Morgan fingerprint density at radius 3 is 3.00 bits per heavy atom. The third-order valence-corrected chi connectivity index (χ3v) is 5.17. The molecule has 1 aromatic rings. The van der Waals surface area contributed by atoms with E-state index in [-0.39, 0.29) is 0 Å². The summed E-state index contributed by atoms with van der Waals surface area (Å²) in [6.45, 7) is 3.51. The number of hydrogen-bond donors (Lipinski definition) is 1. The van der Waals surface area contributed by atoms with Crippen molar-refractivity contribution in [2.75, 3.05) is 12.3 Å². The van der Waals surface area contributed by atoms with Crippen molar-refractivity contribution >= 4 is 11.8 Å². The third-order valence-electron chi connectivity index (χ3n) is 3.81. The van der Waals surface area contributed by atoms with E-state index in [1.165, 1.54) is 25.1 Å². The normalized spacial score (nSPS) is 32.2. The van der Waals surface area contributed by atoms with E-state index >= 15 is 0 Å². The number of rotatable bonds is 3. The highest BCUT2D eigenvalue weighted by Crippen LogP contribution is 2.34. The Bertz CT molecular complexity index is 377. The van der Waals surface area contributed by atoms with E-state index in [1.807, 2.05) is 0 Å². The van der Waals surface area contributed by atoms with Gasteiger partial charge in [0.1, 0.15) is 0 Å². The van der Waals surface area contributed by atoms with Crippen LogP contribution in [0.4, 0.5) is 0 Å². The molecule has 3 atom stereocenters. The molecule has 0 aromatic heterocycles. The molecule has 16 heavy (non-hydrogen) atoms. The van der Waals surface area contributed by atoms with Gasteiger partial charge in [-0.25, -0.2) is 0 Å². The minimum atomic E-state index is 0.757. The van der Waals surface area contributed by atoms with Gasteiger partial charge in [0.05, 0.1) is 0 Å². The second kappa shape index (κ2) is 4.42. The van der Waals surface area contributed by atoms with Crippen molar-refractivity contribution in [1.29, 1.82) is 0 Å². The molecular weight excluding hydrogens is 214 g/mol. The molecule has 2 heteroatoms. The van der Waals surface area contributed by atoms with Gasteiger partial charge in [-0.15, -0.1) is 0 Å². The fourth-order valence-corrected chi connectivity index (χ4v) is 4.00. The van der Waals surface area contributed by atoms with E-state index in [1.54, 1.807) is 11.1 Å². The van der Waals surface area contributed by atoms with Crippen molar-refractivity contribution in [2.24, 2.45) is 0 Å². The summed E-state index contributed by atoms with van der Waals surface area (Å²) in [4.78, 5) is 0. The Morgan fingerprint density at radius 2 is 2.25 bits per heavy atom. The molecule has 1 aromatic carbocycles. The zero-order chi connectivity index (χ0) is 11.0. The lowest BCUT2D eigenvalue weighted by atomic mass is 9.77. The molecule has 0 spiro atoms. The van der Waals surface area contributed by atoms with Crippen molar-refractivity contribution in [1.82, 2.24) is 5.32 Å². The molecule has 1 N–H and O–H groups in total. The minimum absolute atomic E-state index is 0.757. The zero-order valence-electron chi connectivity index (χ0n) is 9.78. The van der Waals surface area contributed by atoms with Crippen LogP contribution in [0.3, 0.4) is 0 Å². The van der Waals surface area contributed by atoms with Gasteiger partial charge in [-0.05, 0) is 24.0 Å². The van der Waals surface area contributed by atoms with Crippen molar-refractivity contribution in [3.05, 3.63) is 35.4 Å². The molecular formula is C14H19NS. The molecule has 1 aliphatic heterocycles. The molecule has 86 valence electrons. The topological polar surface area (TPSA) is 12.0 Å². The Labute approximate surface area is 102 Å². The van der Waals surface area contributed by atoms with Crippen LogP contribution in [-0.4, -0.2) is 23.6 Å². The minimum Gasteiger partial charge on any atom is -0.312 e. The van der Waals surface area contributed by atoms with Crippen LogP contribution in [-0.2, 0) is 6.42 Å². The van der Waals surface area contributed by atoms with Crippen molar-refractivity contribution in [2.45, 2.75) is 37.0 Å². The Kier molecular flexibility index (Phi) is 2.95. The standard InChI is InChI=1S/C14H19NS/c1-10-6-13(9-16-10)15-8-12-7-11-4-2-3-5-14(11)12/h2-5,10,12-13,15H,6-9H2,1H3. The summed E-state index contributed by atoms with van der Waals surface area (Å²) in [7, 11) is 0. The van der Waals surface area contributed by atoms with Crippen molar-refractivity contribution in [3.8, 4) is 0 Å². The molecule has 2 aliphatic rings. The molecule has 3 rings (SSSR count). The second-order valence-corrected chi connectivity index (χ2v) is 6.56. The Hall–Kier alpha value is -0.470. The average Bonchev–Trinajstić information content (AvgIpc) is 2.66. The first-order chi connectivity index (χ1) is 7.83. The van der Waals surface area contributed by atoms with Crippen molar-refractivity contribution in [3.63, 3.8) is 0 Å². The first-order valence-corrected chi connectivity index (χ1v) is 7.30. The highest BCUT2D eigenvalue weighted by atomic mass is 32.2. The number of benzene rings is 1. The van der Waals surface area contributed by atoms with E-state index in [9.17, 15) is 0 Å². The molecule has 1 saturated heterocycles. The molecule has 0 radical (unpaired) electrons. The van der Waals surface area contributed by atoms with E-state index in [2.05, 4.69) is 48.3 Å². The molecule has 1 fully saturated rings. The summed E-state index contributed by atoms with van der Waals surface area (Å²) in [5.41, 5.74) is 3.14. The Morgan fingerprint density at radius 1 is 1.38 bits per heavy atom. The van der Waals surface area contributed by atoms with E-state index in [4.69, 9.17) is 0 Å². The molecule has 0 saturated carbocycles. The average molecular weight is 233 g/mol. The quantitative estimate of drug-likeness (QED) is 0.861. The fourth-order valence-electron chi connectivity index (χ4n) is 2.81. The van der Waals surface area contributed by atoms with Gasteiger partial charge in [0, 0.05) is 29.5 Å². The number of fused-ring (bicyclic) bond motifs is 1. The largest absolute Gasteiger partial charge is 0.312 e. The predicted molar refractivity (Wildman–Crippen MR) is 71.2 cm³/mol. The third kappa shape index (κ3) is 2.01. The molecule has 1 heterocycles. The van der Waals surface area contributed by atoms with Crippen LogP contribution in [0.2, 0.25) is 0 Å². The lowest BCUT2D eigenvalue weighted by Crippen LogP contribution is -2.36. The zero-order valence-corrected chi connectivity index (χ0v) is 10.6. The van der Waals surface area contributed by atoms with Crippen LogP contribution in [0.1, 0.15) is 30.4 Å². The van der Waals surface area contributed by atoms with Crippen LogP contribution >= 0.6 is 11.8 Å². The molecule has 1 aliphatic carbocycles. The van der Waals surface area contributed by atoms with E-state index < -0.39 is 0 Å². The van der Waals surface area contributed by atoms with Gasteiger partial charge < -0.3 is 5.32 Å². The Balaban J connectivity index is 1.51. The summed E-state index contributed by atoms with van der Waals surface area (Å²) in [6.07, 6.45) is 2.62. The maximum atomic E-state index is 3.73. The number of hydrogen-bond acceptors (Lipinski definition) is 2. The monoisotopic (exact) mass is 233 g/mol. The van der Waals surface area contributed by atoms with Crippen LogP contribution in [0.15, 0.2) is 24.3 Å². The summed E-state index contributed by atoms with van der Waals surface area (Å²) in [5, 5.41) is 4.59. The van der Waals surface area contributed by atoms with Crippen LogP contribution in [0.25, 0.3) is 0 Å². The second-order valence-electron chi connectivity index (χ2n) is 5.08. The van der Waals surface area contributed by atoms with Gasteiger partial charge in [0.2, 0.25) is 0 Å². The predicted octanol–water partition coefficient (Wildman–Crippen LogP) is 2.81. The van der Waals surface area contributed by atoms with Gasteiger partial charge in [-0.3, -0.25) is 0 Å². The first kappa shape index (κ1) is 10.7. The molecule has 1 nitrogen and oxygen atoms in total. The van der Waals surface area contributed by atoms with Gasteiger partial charge >= 0.3 is 0 Å². The van der Waals surface area contributed by atoms with Gasteiger partial charge in [-0.2, -0.15) is 11.8 Å². The van der Waals surface area contributed by atoms with Gasteiger partial charge in [0.25, 0.3) is 0 Å². The number of nitrogens with one attached hydrogen (secondary N) is 1. The molecule has 0 bridgehead atoms. The van der Waals surface area contributed by atoms with Crippen LogP contribution in [0.5, 0.6) is 0 Å². The smallest absolute Gasteiger partial charge is 0.0168 e. The van der Waals surface area contributed by atoms with Crippen LogP contribution < -0.4 is 5.32 Å². The van der Waals surface area contributed by atoms with Gasteiger partial charge in [-0.1, -0.05) is 31.2 Å². The lowest BCUT2D eigenvalue weighted by Gasteiger charge is -2.31. The van der Waals surface area contributed by atoms with Gasteiger partial charge in [0.15, 0.2) is 0 Å². The fraction of sp³-hybridized carbons (Fsp3) is 0.571. The molecule has 0 amide bonds. The van der Waals surface area contributed by atoms with Crippen LogP contribution in [0, 0.1) is 0 Å². The highest BCUT2D eigenvalue weighted by Gasteiger charge is 2.27. The first-order valence-electron chi connectivity index (χ1n) is 6.25. The summed E-state index contributed by atoms with van der Waals surface area (Å²) >= 11 is 2.11. The maximum absolute atomic E-state index is 3.73. The summed E-state index contributed by atoms with van der Waals surface area (Å²) in [6, 6.07) is 9.63. The molecule has 3 unspecified atom stereocenters. The van der Waals surface area contributed by atoms with E-state index in [0.29, 0.717) is 0 Å².